The molecule has 0 aliphatic heterocycles. The Morgan fingerprint density at radius 2 is 1.94 bits per heavy atom. The van der Waals surface area contributed by atoms with E-state index in [9.17, 15) is 9.18 Å². The molecule has 4 nitrogen and oxygen atoms in total. The van der Waals surface area contributed by atoms with Crippen LogP contribution in [0.2, 0.25) is 0 Å². The van der Waals surface area contributed by atoms with Crippen molar-refractivity contribution in [1.82, 2.24) is 5.32 Å². The van der Waals surface area contributed by atoms with E-state index in [4.69, 9.17) is 23.6 Å². The molecule has 174 valence electrons. The number of hydrogen-bond donors (Lipinski definition) is 3. The van der Waals surface area contributed by atoms with Crippen molar-refractivity contribution in [2.45, 2.75) is 49.3 Å². The van der Waals surface area contributed by atoms with Crippen molar-refractivity contribution in [2.24, 2.45) is 5.73 Å². The molecule has 0 saturated carbocycles. The smallest absolute Gasteiger partial charge is 0.207 e. The van der Waals surface area contributed by atoms with Gasteiger partial charge in [-0.2, -0.15) is 5.26 Å². The number of rotatable bonds is 12. The van der Waals surface area contributed by atoms with Crippen molar-refractivity contribution in [1.29, 1.82) is 5.26 Å². The normalized spacial score (nSPS) is 13.0. The molecule has 3 N–H and O–H groups in total. The van der Waals surface area contributed by atoms with Gasteiger partial charge >= 0.3 is 0 Å². The average Bonchev–Trinajstić information content (AvgIpc) is 2.79. The summed E-state index contributed by atoms with van der Waals surface area (Å²) in [5.41, 5.74) is 8.49. The summed E-state index contributed by atoms with van der Waals surface area (Å²) in [6.45, 7) is 4.89. The molecular weight excluding hydrogens is 453 g/mol. The molecule has 0 aromatic heterocycles. The van der Waals surface area contributed by atoms with Gasteiger partial charge in [-0.25, -0.2) is 4.39 Å². The van der Waals surface area contributed by atoms with Gasteiger partial charge in [-0.3, -0.25) is 4.79 Å². The lowest BCUT2D eigenvalue weighted by Crippen LogP contribution is -2.21. The molecule has 2 aromatic rings. The van der Waals surface area contributed by atoms with Gasteiger partial charge < -0.3 is 11.1 Å². The molecule has 0 spiro atoms. The van der Waals surface area contributed by atoms with E-state index >= 15 is 0 Å². The molecule has 0 aliphatic carbocycles. The number of nitrogens with zero attached hydrogens (tertiary/aromatic N) is 1. The van der Waals surface area contributed by atoms with E-state index < -0.39 is 5.82 Å². The van der Waals surface area contributed by atoms with Crippen molar-refractivity contribution in [3.05, 3.63) is 77.1 Å². The van der Waals surface area contributed by atoms with Crippen LogP contribution in [0.15, 0.2) is 59.5 Å². The topological polar surface area (TPSA) is 78.9 Å². The minimum atomic E-state index is -0.565. The van der Waals surface area contributed by atoms with Crippen LogP contribution in [0.25, 0.3) is 10.5 Å². The Labute approximate surface area is 205 Å². The van der Waals surface area contributed by atoms with Crippen molar-refractivity contribution in [3.63, 3.8) is 0 Å². The molecule has 0 radical (unpaired) electrons. The highest BCUT2D eigenvalue weighted by molar-refractivity contribution is 7.99. The fourth-order valence-corrected chi connectivity index (χ4v) is 4.40. The number of halogens is 1. The Morgan fingerprint density at radius 3 is 2.55 bits per heavy atom. The predicted molar refractivity (Wildman–Crippen MR) is 139 cm³/mol. The van der Waals surface area contributed by atoms with Gasteiger partial charge in [-0.05, 0) is 60.2 Å². The fourth-order valence-electron chi connectivity index (χ4n) is 3.21. The van der Waals surface area contributed by atoms with Crippen LogP contribution >= 0.6 is 24.4 Å². The van der Waals surface area contributed by atoms with Gasteiger partial charge in [0.2, 0.25) is 6.41 Å². The summed E-state index contributed by atoms with van der Waals surface area (Å²) in [5, 5.41) is 12.2. The number of carbonyl (C=O) groups is 1. The molecule has 0 fully saturated rings. The Morgan fingerprint density at radius 1 is 1.24 bits per heavy atom. The SMILES string of the molecule is CC(C)Sc1ccc(/C(S)=C(/C=C/CC(N)CCCNC=O)c2ccc(C#N)c(F)c2)cc1. The number of benzene rings is 2. The van der Waals surface area contributed by atoms with E-state index in [1.54, 1.807) is 17.8 Å². The molecule has 0 aliphatic rings. The standard InChI is InChI=1S/C26H30FN3OS2/c1-18(2)33-23-12-10-19(11-13-23)26(32)24(20-8-9-21(16-28)25(27)15-20)7-3-5-22(29)6-4-14-30-17-31/h3,7-13,15,17-18,22,32H,4-6,14,29H2,1-2H3,(H,30,31)/b7-3+,26-24+. The van der Waals surface area contributed by atoms with Gasteiger partial charge in [-0.15, -0.1) is 24.4 Å². The minimum Gasteiger partial charge on any atom is -0.359 e. The quantitative estimate of drug-likeness (QED) is 0.0891. The predicted octanol–water partition coefficient (Wildman–Crippen LogP) is 5.80. The number of hydrogen-bond acceptors (Lipinski definition) is 5. The van der Waals surface area contributed by atoms with Crippen LogP contribution < -0.4 is 11.1 Å². The third kappa shape index (κ3) is 8.73. The Balaban J connectivity index is 2.31. The number of amides is 1. The summed E-state index contributed by atoms with van der Waals surface area (Å²) in [4.78, 5) is 12.2. The van der Waals surface area contributed by atoms with Crippen molar-refractivity contribution >= 4 is 41.3 Å². The third-order valence-electron chi connectivity index (χ3n) is 4.86. The lowest BCUT2D eigenvalue weighted by atomic mass is 9.99. The van der Waals surface area contributed by atoms with Crippen molar-refractivity contribution in [3.8, 4) is 6.07 Å². The molecule has 1 atom stereocenters. The van der Waals surface area contributed by atoms with Crippen molar-refractivity contribution in [2.75, 3.05) is 6.54 Å². The number of nitriles is 1. The first-order valence-electron chi connectivity index (χ1n) is 10.8. The first kappa shape index (κ1) is 26.7. The molecule has 2 aromatic carbocycles. The molecule has 0 saturated heterocycles. The largest absolute Gasteiger partial charge is 0.359 e. The summed E-state index contributed by atoms with van der Waals surface area (Å²) >= 11 is 6.56. The lowest BCUT2D eigenvalue weighted by molar-refractivity contribution is -0.109. The zero-order chi connectivity index (χ0) is 24.2. The molecular formula is C26H30FN3OS2. The van der Waals surface area contributed by atoms with E-state index in [2.05, 4.69) is 31.3 Å². The van der Waals surface area contributed by atoms with Gasteiger partial charge in [0.1, 0.15) is 11.9 Å². The maximum absolute atomic E-state index is 14.4. The first-order chi connectivity index (χ1) is 15.8. The second-order valence-electron chi connectivity index (χ2n) is 7.87. The van der Waals surface area contributed by atoms with Gasteiger partial charge in [0, 0.05) is 27.6 Å². The highest BCUT2D eigenvalue weighted by Gasteiger charge is 2.11. The summed E-state index contributed by atoms with van der Waals surface area (Å²) < 4.78 is 14.4. The lowest BCUT2D eigenvalue weighted by Gasteiger charge is -2.12. The number of thioether (sulfide) groups is 1. The highest BCUT2D eigenvalue weighted by Crippen LogP contribution is 2.33. The van der Waals surface area contributed by atoms with Crippen LogP contribution in [0.5, 0.6) is 0 Å². The summed E-state index contributed by atoms with van der Waals surface area (Å²) in [6, 6.07) is 14.5. The van der Waals surface area contributed by atoms with E-state index in [1.165, 1.54) is 17.0 Å². The monoisotopic (exact) mass is 483 g/mol. The van der Waals surface area contributed by atoms with Crippen molar-refractivity contribution < 1.29 is 9.18 Å². The van der Waals surface area contributed by atoms with Crippen LogP contribution in [0, 0.1) is 17.1 Å². The maximum Gasteiger partial charge on any atom is 0.207 e. The third-order valence-corrected chi connectivity index (χ3v) is 6.37. The van der Waals surface area contributed by atoms with E-state index in [1.807, 2.05) is 30.4 Å². The number of nitrogens with one attached hydrogen (secondary N) is 1. The number of carbonyl (C=O) groups excluding carboxylic acids is 1. The number of allylic oxidation sites excluding steroid dienone is 2. The van der Waals surface area contributed by atoms with Crippen LogP contribution in [0.4, 0.5) is 4.39 Å². The van der Waals surface area contributed by atoms with Gasteiger partial charge in [0.05, 0.1) is 5.56 Å². The highest BCUT2D eigenvalue weighted by atomic mass is 32.2. The Hall–Kier alpha value is -2.53. The maximum atomic E-state index is 14.4. The van der Waals surface area contributed by atoms with E-state index in [0.29, 0.717) is 35.1 Å². The molecule has 0 heterocycles. The van der Waals surface area contributed by atoms with Crippen LogP contribution in [-0.4, -0.2) is 24.2 Å². The Kier molecular flexibility index (Phi) is 11.2. The average molecular weight is 484 g/mol. The second-order valence-corrected chi connectivity index (χ2v) is 9.97. The molecule has 1 amide bonds. The first-order valence-corrected chi connectivity index (χ1v) is 12.2. The zero-order valence-electron chi connectivity index (χ0n) is 18.9. The second kappa shape index (κ2) is 13.9. The van der Waals surface area contributed by atoms with E-state index in [0.717, 1.165) is 24.0 Å². The number of nitrogens with two attached hydrogens (primary N) is 1. The minimum absolute atomic E-state index is 0.00353. The number of thiol groups is 1. The molecule has 7 heteroatoms. The van der Waals surface area contributed by atoms with Gasteiger partial charge in [0.25, 0.3) is 0 Å². The molecule has 33 heavy (non-hydrogen) atoms. The van der Waals surface area contributed by atoms with Gasteiger partial charge in [-0.1, -0.05) is 44.2 Å². The van der Waals surface area contributed by atoms with Crippen LogP contribution in [-0.2, 0) is 4.79 Å². The molecule has 1 unspecified atom stereocenters. The summed E-state index contributed by atoms with van der Waals surface area (Å²) in [5.74, 6) is -0.565. The van der Waals surface area contributed by atoms with Crippen LogP contribution in [0.1, 0.15) is 49.8 Å². The fraction of sp³-hybridized carbons (Fsp3) is 0.308. The summed E-state index contributed by atoms with van der Waals surface area (Å²) in [6.07, 6.45) is 6.76. The molecule has 2 rings (SSSR count). The molecule has 0 bridgehead atoms. The van der Waals surface area contributed by atoms with Crippen LogP contribution in [0.3, 0.4) is 0 Å². The Bertz CT molecular complexity index is 1030. The van der Waals surface area contributed by atoms with E-state index in [-0.39, 0.29) is 11.6 Å². The zero-order valence-corrected chi connectivity index (χ0v) is 20.6. The summed E-state index contributed by atoms with van der Waals surface area (Å²) in [7, 11) is 0. The van der Waals surface area contributed by atoms with Gasteiger partial charge in [0.15, 0.2) is 0 Å².